The summed E-state index contributed by atoms with van der Waals surface area (Å²) in [6.07, 6.45) is 4.35. The Morgan fingerprint density at radius 1 is 0.870 bits per heavy atom. The lowest BCUT2D eigenvalue weighted by atomic mass is 9.87. The van der Waals surface area contributed by atoms with Crippen molar-refractivity contribution in [3.05, 3.63) is 58.7 Å². The first-order valence-corrected chi connectivity index (χ1v) is 7.43. The van der Waals surface area contributed by atoms with Crippen molar-refractivity contribution in [3.63, 3.8) is 0 Å². The van der Waals surface area contributed by atoms with Crippen LogP contribution in [-0.4, -0.2) is 0 Å². The molecule has 0 bridgehead atoms. The number of hydrogen-bond acceptors (Lipinski definition) is 4. The zero-order chi connectivity index (χ0) is 16.8. The van der Waals surface area contributed by atoms with E-state index in [1.54, 1.807) is 12.5 Å². The van der Waals surface area contributed by atoms with Gasteiger partial charge in [0.25, 0.3) is 12.5 Å². The molecule has 0 aliphatic heterocycles. The molecule has 0 radical (unpaired) electrons. The lowest BCUT2D eigenvalue weighted by molar-refractivity contribution is 0.502. The first-order valence-electron chi connectivity index (χ1n) is 7.43. The number of nitriles is 2. The Morgan fingerprint density at radius 2 is 1.30 bits per heavy atom. The lowest BCUT2D eigenvalue weighted by Crippen LogP contribution is -2.02. The second kappa shape index (κ2) is 7.33. The molecule has 0 aliphatic carbocycles. The summed E-state index contributed by atoms with van der Waals surface area (Å²) in [4.78, 5) is 0. The first kappa shape index (κ1) is 16.4. The topological polar surface area (TPSA) is 66.0 Å². The number of aryl methyl sites for hydroxylation is 2. The fourth-order valence-corrected chi connectivity index (χ4v) is 2.77. The van der Waals surface area contributed by atoms with E-state index in [-0.39, 0.29) is 5.92 Å². The van der Waals surface area contributed by atoms with Crippen LogP contribution in [0.1, 0.15) is 41.5 Å². The molecule has 0 unspecified atom stereocenters. The summed E-state index contributed by atoms with van der Waals surface area (Å²) >= 11 is 0. The zero-order valence-corrected chi connectivity index (χ0v) is 13.5. The number of hydrogen-bond donors (Lipinski definition) is 0. The molecule has 2 aromatic carbocycles. The lowest BCUT2D eigenvalue weighted by Gasteiger charge is -2.18. The fourth-order valence-electron chi connectivity index (χ4n) is 2.77. The number of nitrogens with zero attached hydrogens (tertiary/aromatic N) is 2. The minimum Gasteiger partial charge on any atom is -0.388 e. The maximum atomic E-state index is 8.64. The van der Waals surface area contributed by atoms with Crippen LogP contribution in [0.15, 0.2) is 36.4 Å². The van der Waals surface area contributed by atoms with E-state index in [0.717, 1.165) is 17.5 Å². The monoisotopic (exact) mass is 306 g/mol. The number of ether oxygens (including phenoxy) is 2. The molecule has 0 N–H and O–H groups in total. The molecular formula is C19H18N2O2. The van der Waals surface area contributed by atoms with Gasteiger partial charge in [0.05, 0.1) is 0 Å². The zero-order valence-electron chi connectivity index (χ0n) is 13.5. The maximum absolute atomic E-state index is 8.64. The molecule has 4 heteroatoms. The van der Waals surface area contributed by atoms with Crippen molar-refractivity contribution >= 4 is 0 Å². The van der Waals surface area contributed by atoms with Gasteiger partial charge in [0.2, 0.25) is 0 Å². The Bertz CT molecular complexity index is 719. The largest absolute Gasteiger partial charge is 0.388 e. The van der Waals surface area contributed by atoms with Crippen molar-refractivity contribution in [2.75, 3.05) is 0 Å². The average molecular weight is 306 g/mol. The van der Waals surface area contributed by atoms with Gasteiger partial charge in [-0.25, -0.2) is 0 Å². The minimum absolute atomic E-state index is 0.236. The van der Waals surface area contributed by atoms with Crippen molar-refractivity contribution in [1.29, 1.82) is 10.5 Å². The summed E-state index contributed by atoms with van der Waals surface area (Å²) in [6.45, 7) is 5.99. The normalized spacial score (nSPS) is 10.0. The smallest absolute Gasteiger partial charge is 0.292 e. The van der Waals surface area contributed by atoms with Gasteiger partial charge in [-0.1, -0.05) is 31.2 Å². The molecule has 23 heavy (non-hydrogen) atoms. The van der Waals surface area contributed by atoms with E-state index in [2.05, 4.69) is 19.1 Å². The molecule has 0 amide bonds. The molecule has 0 saturated heterocycles. The predicted octanol–water partition coefficient (Wildman–Crippen LogP) is 4.57. The van der Waals surface area contributed by atoms with Crippen molar-refractivity contribution in [2.45, 2.75) is 33.1 Å². The van der Waals surface area contributed by atoms with Crippen LogP contribution in [0.3, 0.4) is 0 Å². The standard InChI is InChI=1S/C19H18N2O2/c1-4-17(15-5-7-18(22-11-20)13(2)9-15)16-6-8-19(23-12-21)14(3)10-16/h5-10,17H,4H2,1-3H3. The van der Waals surface area contributed by atoms with E-state index >= 15 is 0 Å². The Balaban J connectivity index is 2.37. The molecule has 0 heterocycles. The highest BCUT2D eigenvalue weighted by atomic mass is 16.5. The van der Waals surface area contributed by atoms with Gasteiger partial charge in [0, 0.05) is 5.92 Å². The van der Waals surface area contributed by atoms with Gasteiger partial charge in [0.15, 0.2) is 0 Å². The summed E-state index contributed by atoms with van der Waals surface area (Å²) in [5.41, 5.74) is 4.21. The summed E-state index contributed by atoms with van der Waals surface area (Å²) < 4.78 is 9.86. The van der Waals surface area contributed by atoms with E-state index in [1.807, 2.05) is 38.1 Å². The van der Waals surface area contributed by atoms with E-state index in [9.17, 15) is 0 Å². The maximum Gasteiger partial charge on any atom is 0.292 e. The molecule has 0 spiro atoms. The Hall–Kier alpha value is -2.98. The van der Waals surface area contributed by atoms with Crippen molar-refractivity contribution < 1.29 is 9.47 Å². The molecule has 0 saturated carbocycles. The SMILES string of the molecule is CCC(c1ccc(OC#N)c(C)c1)c1ccc(OC#N)c(C)c1. The van der Waals surface area contributed by atoms with Gasteiger partial charge >= 0.3 is 0 Å². The van der Waals surface area contributed by atoms with Crippen LogP contribution in [0.25, 0.3) is 0 Å². The third kappa shape index (κ3) is 3.62. The van der Waals surface area contributed by atoms with Crippen LogP contribution >= 0.6 is 0 Å². The third-order valence-corrected chi connectivity index (χ3v) is 3.92. The molecule has 0 aliphatic rings. The van der Waals surface area contributed by atoms with Gasteiger partial charge < -0.3 is 9.47 Å². The molecule has 0 aromatic heterocycles. The second-order valence-electron chi connectivity index (χ2n) is 5.40. The third-order valence-electron chi connectivity index (χ3n) is 3.92. The van der Waals surface area contributed by atoms with Crippen LogP contribution in [0.2, 0.25) is 0 Å². The highest BCUT2D eigenvalue weighted by Crippen LogP contribution is 2.33. The van der Waals surface area contributed by atoms with Crippen LogP contribution in [0.5, 0.6) is 11.5 Å². The highest BCUT2D eigenvalue weighted by molar-refractivity contribution is 5.44. The number of rotatable bonds is 5. The summed E-state index contributed by atoms with van der Waals surface area (Å²) in [5, 5.41) is 17.3. The predicted molar refractivity (Wildman–Crippen MR) is 87.0 cm³/mol. The van der Waals surface area contributed by atoms with Crippen LogP contribution in [0.4, 0.5) is 0 Å². The van der Waals surface area contributed by atoms with Crippen molar-refractivity contribution in [1.82, 2.24) is 0 Å². The van der Waals surface area contributed by atoms with Crippen molar-refractivity contribution in [3.8, 4) is 24.0 Å². The summed E-state index contributed by atoms with van der Waals surface area (Å²) in [5.74, 6) is 1.40. The Kier molecular flexibility index (Phi) is 5.23. The first-order chi connectivity index (χ1) is 11.1. The van der Waals surface area contributed by atoms with Gasteiger partial charge in [-0.15, -0.1) is 10.5 Å². The molecule has 0 atom stereocenters. The Morgan fingerprint density at radius 3 is 1.61 bits per heavy atom. The van der Waals surface area contributed by atoms with Gasteiger partial charge in [-0.05, 0) is 54.7 Å². The second-order valence-corrected chi connectivity index (χ2v) is 5.40. The van der Waals surface area contributed by atoms with Crippen LogP contribution < -0.4 is 9.47 Å². The summed E-state index contributed by atoms with van der Waals surface area (Å²) in [7, 11) is 0. The highest BCUT2D eigenvalue weighted by Gasteiger charge is 2.15. The van der Waals surface area contributed by atoms with E-state index in [0.29, 0.717) is 11.5 Å². The van der Waals surface area contributed by atoms with E-state index in [1.165, 1.54) is 11.1 Å². The average Bonchev–Trinajstić information content (AvgIpc) is 2.53. The summed E-state index contributed by atoms with van der Waals surface area (Å²) in [6, 6.07) is 11.7. The molecule has 116 valence electrons. The van der Waals surface area contributed by atoms with Crippen LogP contribution in [-0.2, 0) is 0 Å². The minimum atomic E-state index is 0.236. The quantitative estimate of drug-likeness (QED) is 0.759. The molecule has 2 aromatic rings. The van der Waals surface area contributed by atoms with Crippen molar-refractivity contribution in [2.24, 2.45) is 0 Å². The molecule has 4 nitrogen and oxygen atoms in total. The Labute approximate surface area is 136 Å². The molecule has 2 rings (SSSR count). The number of benzene rings is 2. The van der Waals surface area contributed by atoms with Gasteiger partial charge in [-0.3, -0.25) is 0 Å². The van der Waals surface area contributed by atoms with Crippen LogP contribution in [0, 0.1) is 36.9 Å². The van der Waals surface area contributed by atoms with Gasteiger partial charge in [-0.2, -0.15) is 0 Å². The van der Waals surface area contributed by atoms with E-state index < -0.39 is 0 Å². The van der Waals surface area contributed by atoms with E-state index in [4.69, 9.17) is 20.0 Å². The molecule has 0 fully saturated rings. The van der Waals surface area contributed by atoms with Gasteiger partial charge in [0.1, 0.15) is 11.5 Å². The molecular weight excluding hydrogens is 288 g/mol. The fraction of sp³-hybridized carbons (Fsp3) is 0.263.